The van der Waals surface area contributed by atoms with E-state index in [0.29, 0.717) is 18.6 Å². The van der Waals surface area contributed by atoms with Gasteiger partial charge in [0.25, 0.3) is 5.91 Å². The van der Waals surface area contributed by atoms with Gasteiger partial charge in [-0.15, -0.1) is 0 Å². The second-order valence-electron chi connectivity index (χ2n) is 3.52. The van der Waals surface area contributed by atoms with Gasteiger partial charge in [-0.05, 0) is 6.92 Å². The van der Waals surface area contributed by atoms with Crippen LogP contribution < -0.4 is 5.32 Å². The average Bonchev–Trinajstić information content (AvgIpc) is 2.18. The molecule has 1 heterocycles. The summed E-state index contributed by atoms with van der Waals surface area (Å²) in [5, 5.41) is 16.5. The Morgan fingerprint density at radius 2 is 2.33 bits per heavy atom. The minimum absolute atomic E-state index is 0.0953. The first kappa shape index (κ1) is 11.6. The number of aliphatic hydroxyl groups is 1. The van der Waals surface area contributed by atoms with Gasteiger partial charge in [0.15, 0.2) is 0 Å². The van der Waals surface area contributed by atoms with Gasteiger partial charge < -0.3 is 10.4 Å². The number of hydrogen-bond donors (Lipinski definition) is 2. The summed E-state index contributed by atoms with van der Waals surface area (Å²) >= 11 is 0. The molecule has 6 nitrogen and oxygen atoms in total. The Kier molecular flexibility index (Phi) is 3.79. The Morgan fingerprint density at radius 3 is 2.87 bits per heavy atom. The van der Waals surface area contributed by atoms with E-state index in [2.05, 4.69) is 10.4 Å². The highest BCUT2D eigenvalue weighted by molar-refractivity contribution is 6.39. The number of carbonyl (C=O) groups is 2. The smallest absolute Gasteiger partial charge is 0.267 e. The Morgan fingerprint density at radius 1 is 1.67 bits per heavy atom. The zero-order chi connectivity index (χ0) is 11.4. The molecule has 0 unspecified atom stereocenters. The topological polar surface area (TPSA) is 82.0 Å². The van der Waals surface area contributed by atoms with Crippen LogP contribution >= 0.6 is 0 Å². The molecule has 0 aromatic heterocycles. The van der Waals surface area contributed by atoms with Crippen molar-refractivity contribution in [3.05, 3.63) is 0 Å². The fraction of sp³-hybridized carbons (Fsp3) is 0.667. The monoisotopic (exact) mass is 213 g/mol. The van der Waals surface area contributed by atoms with Gasteiger partial charge in [-0.25, -0.2) is 5.01 Å². The van der Waals surface area contributed by atoms with E-state index in [9.17, 15) is 9.59 Å². The largest absolute Gasteiger partial charge is 0.392 e. The van der Waals surface area contributed by atoms with E-state index >= 15 is 0 Å². The quantitative estimate of drug-likeness (QED) is 0.637. The summed E-state index contributed by atoms with van der Waals surface area (Å²) in [7, 11) is 1.52. The molecule has 0 saturated heterocycles. The number of nitrogens with one attached hydrogen (secondary N) is 1. The maximum absolute atomic E-state index is 11.5. The molecule has 0 radical (unpaired) electrons. The van der Waals surface area contributed by atoms with E-state index < -0.39 is 6.10 Å². The molecule has 0 aromatic rings. The number of carbonyl (C=O) groups excluding carboxylic acids is 2. The highest BCUT2D eigenvalue weighted by Gasteiger charge is 2.21. The lowest BCUT2D eigenvalue weighted by Gasteiger charge is -2.19. The number of nitrogens with zero attached hydrogens (tertiary/aromatic N) is 2. The summed E-state index contributed by atoms with van der Waals surface area (Å²) in [4.78, 5) is 22.5. The number of amides is 2. The van der Waals surface area contributed by atoms with Crippen molar-refractivity contribution in [3.63, 3.8) is 0 Å². The molecular formula is C9H15N3O3. The lowest BCUT2D eigenvalue weighted by Crippen LogP contribution is -2.39. The number of hydrogen-bond acceptors (Lipinski definition) is 4. The maximum Gasteiger partial charge on any atom is 0.267 e. The molecule has 1 rings (SSSR count). The highest BCUT2D eigenvalue weighted by atomic mass is 16.3. The summed E-state index contributed by atoms with van der Waals surface area (Å²) in [5.41, 5.74) is 0.331. The minimum atomic E-state index is -0.586. The summed E-state index contributed by atoms with van der Waals surface area (Å²) in [6, 6.07) is 0. The molecule has 0 fully saturated rings. The van der Waals surface area contributed by atoms with E-state index in [1.165, 1.54) is 12.1 Å². The molecule has 84 valence electrons. The van der Waals surface area contributed by atoms with Gasteiger partial charge in [-0.2, -0.15) is 5.10 Å². The SMILES string of the molecule is C[C@H](O)CNC(=O)C1=NN(C)C(=O)CC1. The first-order valence-corrected chi connectivity index (χ1v) is 4.81. The fourth-order valence-electron chi connectivity index (χ4n) is 1.18. The van der Waals surface area contributed by atoms with Crippen LogP contribution in [0.2, 0.25) is 0 Å². The highest BCUT2D eigenvalue weighted by Crippen LogP contribution is 2.06. The zero-order valence-electron chi connectivity index (χ0n) is 8.86. The average molecular weight is 213 g/mol. The Labute approximate surface area is 87.9 Å². The van der Waals surface area contributed by atoms with Gasteiger partial charge in [0.05, 0.1) is 6.10 Å². The van der Waals surface area contributed by atoms with Crippen molar-refractivity contribution < 1.29 is 14.7 Å². The van der Waals surface area contributed by atoms with Crippen molar-refractivity contribution in [2.24, 2.45) is 5.10 Å². The molecule has 1 aliphatic rings. The van der Waals surface area contributed by atoms with Crippen molar-refractivity contribution in [1.29, 1.82) is 0 Å². The lowest BCUT2D eigenvalue weighted by molar-refractivity contribution is -0.130. The second kappa shape index (κ2) is 4.88. The Bertz CT molecular complexity index is 299. The van der Waals surface area contributed by atoms with Crippen LogP contribution in [0.3, 0.4) is 0 Å². The molecule has 1 atom stereocenters. The van der Waals surface area contributed by atoms with Crippen LogP contribution in [0.4, 0.5) is 0 Å². The molecule has 2 amide bonds. The molecule has 2 N–H and O–H groups in total. The lowest BCUT2D eigenvalue weighted by atomic mass is 10.1. The zero-order valence-corrected chi connectivity index (χ0v) is 8.86. The predicted octanol–water partition coefficient (Wildman–Crippen LogP) is -0.908. The van der Waals surface area contributed by atoms with Crippen LogP contribution in [0.1, 0.15) is 19.8 Å². The molecule has 0 spiro atoms. The predicted molar refractivity (Wildman–Crippen MR) is 54.1 cm³/mol. The molecule has 0 bridgehead atoms. The maximum atomic E-state index is 11.5. The van der Waals surface area contributed by atoms with Gasteiger partial charge in [0.2, 0.25) is 5.91 Å². The molecular weight excluding hydrogens is 198 g/mol. The van der Waals surface area contributed by atoms with Crippen molar-refractivity contribution in [3.8, 4) is 0 Å². The van der Waals surface area contributed by atoms with Gasteiger partial charge >= 0.3 is 0 Å². The van der Waals surface area contributed by atoms with Gasteiger partial charge in [-0.3, -0.25) is 9.59 Å². The number of hydrazone groups is 1. The van der Waals surface area contributed by atoms with Gasteiger partial charge in [0, 0.05) is 26.4 Å². The van der Waals surface area contributed by atoms with Crippen LogP contribution in [0.15, 0.2) is 5.10 Å². The van der Waals surface area contributed by atoms with E-state index in [1.54, 1.807) is 6.92 Å². The molecule has 0 aromatic carbocycles. The Hall–Kier alpha value is -1.43. The van der Waals surface area contributed by atoms with E-state index in [4.69, 9.17) is 5.11 Å². The molecule has 6 heteroatoms. The molecule has 0 aliphatic carbocycles. The fourth-order valence-corrected chi connectivity index (χ4v) is 1.18. The van der Waals surface area contributed by atoms with Gasteiger partial charge in [0.1, 0.15) is 5.71 Å². The second-order valence-corrected chi connectivity index (χ2v) is 3.52. The van der Waals surface area contributed by atoms with E-state index in [1.807, 2.05) is 0 Å². The normalized spacial score (nSPS) is 18.5. The summed E-state index contributed by atoms with van der Waals surface area (Å²) in [5.74, 6) is -0.419. The number of aliphatic hydroxyl groups excluding tert-OH is 1. The molecule has 1 aliphatic heterocycles. The van der Waals surface area contributed by atoms with Crippen molar-refractivity contribution >= 4 is 17.5 Å². The van der Waals surface area contributed by atoms with Crippen LogP contribution in [0.25, 0.3) is 0 Å². The van der Waals surface area contributed by atoms with Crippen LogP contribution in [-0.2, 0) is 9.59 Å². The van der Waals surface area contributed by atoms with Crippen LogP contribution in [0.5, 0.6) is 0 Å². The summed E-state index contributed by atoms with van der Waals surface area (Å²) in [6.07, 6.45) is 0.0733. The third-order valence-electron chi connectivity index (χ3n) is 2.03. The summed E-state index contributed by atoms with van der Waals surface area (Å²) in [6.45, 7) is 1.77. The van der Waals surface area contributed by atoms with E-state index in [-0.39, 0.29) is 18.4 Å². The third kappa shape index (κ3) is 3.32. The third-order valence-corrected chi connectivity index (χ3v) is 2.03. The van der Waals surface area contributed by atoms with Crippen molar-refractivity contribution in [2.75, 3.05) is 13.6 Å². The Balaban J connectivity index is 2.53. The standard InChI is InChI=1S/C9H15N3O3/c1-6(13)5-10-9(15)7-3-4-8(14)12(2)11-7/h6,13H,3-5H2,1-2H3,(H,10,15)/t6-/m0/s1. The molecule has 15 heavy (non-hydrogen) atoms. The van der Waals surface area contributed by atoms with Crippen molar-refractivity contribution in [1.82, 2.24) is 10.3 Å². The first-order valence-electron chi connectivity index (χ1n) is 4.81. The molecule has 0 saturated carbocycles. The van der Waals surface area contributed by atoms with Crippen LogP contribution in [-0.4, -0.2) is 47.3 Å². The van der Waals surface area contributed by atoms with Crippen LogP contribution in [0, 0.1) is 0 Å². The summed E-state index contributed by atoms with van der Waals surface area (Å²) < 4.78 is 0. The van der Waals surface area contributed by atoms with E-state index in [0.717, 1.165) is 0 Å². The van der Waals surface area contributed by atoms with Crippen molar-refractivity contribution in [2.45, 2.75) is 25.9 Å². The minimum Gasteiger partial charge on any atom is -0.392 e. The van der Waals surface area contributed by atoms with Gasteiger partial charge in [-0.1, -0.05) is 0 Å². The first-order chi connectivity index (χ1) is 7.00. The number of rotatable bonds is 3.